The second-order valence-corrected chi connectivity index (χ2v) is 8.48. The Morgan fingerprint density at radius 3 is 2.52 bits per heavy atom. The number of nitrogens with zero attached hydrogens (tertiary/aromatic N) is 1. The number of benzene rings is 2. The van der Waals surface area contributed by atoms with Crippen molar-refractivity contribution in [3.63, 3.8) is 0 Å². The molecule has 1 heterocycles. The molecule has 166 valence electrons. The molecule has 0 radical (unpaired) electrons. The van der Waals surface area contributed by atoms with Gasteiger partial charge in [0.05, 0.1) is 0 Å². The van der Waals surface area contributed by atoms with E-state index in [1.165, 1.54) is 0 Å². The second kappa shape index (κ2) is 9.41. The van der Waals surface area contributed by atoms with Gasteiger partial charge in [-0.15, -0.1) is 0 Å². The van der Waals surface area contributed by atoms with E-state index in [1.54, 1.807) is 30.0 Å². The summed E-state index contributed by atoms with van der Waals surface area (Å²) in [5.41, 5.74) is 4.71. The average Bonchev–Trinajstić information content (AvgIpc) is 2.75. The van der Waals surface area contributed by atoms with Gasteiger partial charge in [0.25, 0.3) is 0 Å². The molecule has 0 aromatic heterocycles. The van der Waals surface area contributed by atoms with E-state index in [1.807, 2.05) is 19.9 Å². The van der Waals surface area contributed by atoms with Crippen molar-refractivity contribution in [2.45, 2.75) is 72.4 Å². The van der Waals surface area contributed by atoms with Crippen LogP contribution in [0.2, 0.25) is 0 Å². The van der Waals surface area contributed by atoms with Gasteiger partial charge in [-0.25, -0.2) is 0 Å². The lowest BCUT2D eigenvalue weighted by atomic mass is 9.92. The van der Waals surface area contributed by atoms with Crippen molar-refractivity contribution in [3.05, 3.63) is 52.1 Å². The van der Waals surface area contributed by atoms with E-state index in [0.29, 0.717) is 30.6 Å². The molecule has 0 aliphatic carbocycles. The number of phenolic OH excluding ortho intramolecular Hbond substituents is 2. The Bertz CT molecular complexity index is 1000. The van der Waals surface area contributed by atoms with E-state index in [4.69, 9.17) is 0 Å². The molecule has 0 fully saturated rings. The molecule has 1 atom stereocenters. The van der Waals surface area contributed by atoms with Crippen LogP contribution in [0, 0.1) is 20.8 Å². The summed E-state index contributed by atoms with van der Waals surface area (Å²) in [7, 11) is 0. The number of nitrogens with one attached hydrogen (secondary N) is 1. The van der Waals surface area contributed by atoms with Crippen LogP contribution in [0.3, 0.4) is 0 Å². The summed E-state index contributed by atoms with van der Waals surface area (Å²) in [5, 5.41) is 23.0. The number of aromatic hydroxyl groups is 2. The monoisotopic (exact) mass is 424 g/mol. The van der Waals surface area contributed by atoms with E-state index in [9.17, 15) is 19.8 Å². The molecule has 0 saturated heterocycles. The summed E-state index contributed by atoms with van der Waals surface area (Å²) >= 11 is 0. The second-order valence-electron chi connectivity index (χ2n) is 8.48. The molecular weight excluding hydrogens is 392 g/mol. The highest BCUT2D eigenvalue weighted by Crippen LogP contribution is 2.32. The summed E-state index contributed by atoms with van der Waals surface area (Å²) in [6.45, 7) is 7.87. The van der Waals surface area contributed by atoms with Gasteiger partial charge >= 0.3 is 0 Å². The van der Waals surface area contributed by atoms with Gasteiger partial charge in [0.2, 0.25) is 11.8 Å². The van der Waals surface area contributed by atoms with Crippen molar-refractivity contribution in [2.24, 2.45) is 0 Å². The fraction of sp³-hybridized carbons (Fsp3) is 0.440. The van der Waals surface area contributed by atoms with E-state index >= 15 is 0 Å². The minimum absolute atomic E-state index is 0.0441. The minimum Gasteiger partial charge on any atom is -0.508 e. The third-order valence-electron chi connectivity index (χ3n) is 6.25. The Morgan fingerprint density at radius 2 is 1.81 bits per heavy atom. The number of carbonyl (C=O) groups excluding carboxylic acids is 2. The maximum Gasteiger partial charge on any atom is 0.247 e. The Labute approximate surface area is 183 Å². The molecule has 6 nitrogen and oxygen atoms in total. The van der Waals surface area contributed by atoms with Crippen molar-refractivity contribution in [3.8, 4) is 11.5 Å². The Morgan fingerprint density at radius 1 is 1.06 bits per heavy atom. The summed E-state index contributed by atoms with van der Waals surface area (Å²) < 4.78 is 0. The first-order chi connectivity index (χ1) is 14.7. The van der Waals surface area contributed by atoms with Crippen molar-refractivity contribution in [2.75, 3.05) is 5.32 Å². The number of carbonyl (C=O) groups is 2. The molecule has 0 bridgehead atoms. The zero-order valence-corrected chi connectivity index (χ0v) is 18.8. The molecule has 2 aromatic rings. The smallest absolute Gasteiger partial charge is 0.247 e. The first-order valence-electron chi connectivity index (χ1n) is 10.9. The lowest BCUT2D eigenvalue weighted by molar-refractivity contribution is -0.140. The third kappa shape index (κ3) is 4.84. The van der Waals surface area contributed by atoms with Crippen molar-refractivity contribution in [1.82, 2.24) is 4.90 Å². The maximum atomic E-state index is 13.3. The van der Waals surface area contributed by atoms with Gasteiger partial charge in [-0.1, -0.05) is 25.8 Å². The fourth-order valence-electron chi connectivity index (χ4n) is 4.15. The van der Waals surface area contributed by atoms with Gasteiger partial charge in [-0.2, -0.15) is 0 Å². The Hall–Kier alpha value is -3.02. The van der Waals surface area contributed by atoms with Crippen molar-refractivity contribution < 1.29 is 19.8 Å². The zero-order chi connectivity index (χ0) is 22.7. The van der Waals surface area contributed by atoms with Gasteiger partial charge in [-0.3, -0.25) is 9.59 Å². The first kappa shape index (κ1) is 22.7. The number of phenols is 2. The summed E-state index contributed by atoms with van der Waals surface area (Å²) in [6, 6.07) is 6.25. The number of aryl methyl sites for hydroxylation is 1. The third-order valence-corrected chi connectivity index (χ3v) is 6.25. The predicted molar refractivity (Wildman–Crippen MR) is 121 cm³/mol. The number of anilines is 1. The normalized spacial score (nSPS) is 15.5. The zero-order valence-electron chi connectivity index (χ0n) is 18.8. The largest absolute Gasteiger partial charge is 0.508 e. The Balaban J connectivity index is 1.89. The van der Waals surface area contributed by atoms with Crippen LogP contribution in [0.5, 0.6) is 11.5 Å². The van der Waals surface area contributed by atoms with Gasteiger partial charge in [0.1, 0.15) is 17.5 Å². The van der Waals surface area contributed by atoms with Crippen LogP contribution in [0.25, 0.3) is 0 Å². The van der Waals surface area contributed by atoms with Crippen LogP contribution in [0.4, 0.5) is 5.69 Å². The highest BCUT2D eigenvalue weighted by molar-refractivity contribution is 5.98. The van der Waals surface area contributed by atoms with Crippen LogP contribution in [-0.2, 0) is 22.6 Å². The van der Waals surface area contributed by atoms with Gasteiger partial charge in [-0.05, 0) is 73.2 Å². The van der Waals surface area contributed by atoms with Crippen LogP contribution in [-0.4, -0.2) is 33.0 Å². The highest BCUT2D eigenvalue weighted by atomic mass is 16.3. The number of unbranched alkanes of at least 4 members (excludes halogenated alkanes) is 2. The SMILES string of the molecule is CCCCCC(=O)N1Cc2cc(O)ccc2C[C@H]1C(=O)Nc1cc(C)c(O)c(C)c1C. The summed E-state index contributed by atoms with van der Waals surface area (Å²) in [4.78, 5) is 28.0. The maximum absolute atomic E-state index is 13.3. The molecule has 2 amide bonds. The van der Waals surface area contributed by atoms with Crippen LogP contribution in [0.15, 0.2) is 24.3 Å². The molecule has 0 unspecified atom stereocenters. The number of hydrogen-bond donors (Lipinski definition) is 3. The lowest BCUT2D eigenvalue weighted by Gasteiger charge is -2.36. The first-order valence-corrected chi connectivity index (χ1v) is 10.9. The quantitative estimate of drug-likeness (QED) is 0.471. The lowest BCUT2D eigenvalue weighted by Crippen LogP contribution is -2.50. The Kier molecular flexibility index (Phi) is 6.88. The molecule has 6 heteroatoms. The van der Waals surface area contributed by atoms with E-state index in [0.717, 1.165) is 41.5 Å². The van der Waals surface area contributed by atoms with E-state index in [-0.39, 0.29) is 23.3 Å². The molecule has 2 aromatic carbocycles. The van der Waals surface area contributed by atoms with Crippen molar-refractivity contribution in [1.29, 1.82) is 0 Å². The number of amides is 2. The summed E-state index contributed by atoms with van der Waals surface area (Å²) in [5.74, 6) is 0.105. The van der Waals surface area contributed by atoms with Crippen LogP contribution >= 0.6 is 0 Å². The fourth-order valence-corrected chi connectivity index (χ4v) is 4.15. The van der Waals surface area contributed by atoms with Crippen molar-refractivity contribution >= 4 is 17.5 Å². The van der Waals surface area contributed by atoms with Gasteiger partial charge in [0.15, 0.2) is 0 Å². The molecule has 0 spiro atoms. The standard InChI is InChI=1S/C25H32N2O4/c1-5-6-7-8-23(29)27-14-19-12-20(28)10-9-18(19)13-22(27)25(31)26-21-11-15(2)24(30)17(4)16(21)3/h9-12,22,28,30H,5-8,13-14H2,1-4H3,(H,26,31)/t22-/m0/s1. The molecule has 31 heavy (non-hydrogen) atoms. The van der Waals surface area contributed by atoms with Crippen LogP contribution < -0.4 is 5.32 Å². The predicted octanol–water partition coefficient (Wildman–Crippen LogP) is 4.50. The number of hydrogen-bond acceptors (Lipinski definition) is 4. The topological polar surface area (TPSA) is 89.9 Å². The van der Waals surface area contributed by atoms with Crippen LogP contribution in [0.1, 0.15) is 60.4 Å². The number of fused-ring (bicyclic) bond motifs is 1. The van der Waals surface area contributed by atoms with Gasteiger partial charge < -0.3 is 20.4 Å². The molecule has 1 aliphatic heterocycles. The van der Waals surface area contributed by atoms with E-state index in [2.05, 4.69) is 12.2 Å². The molecular formula is C25H32N2O4. The molecule has 3 N–H and O–H groups in total. The summed E-state index contributed by atoms with van der Waals surface area (Å²) in [6.07, 6.45) is 3.59. The molecule has 0 saturated carbocycles. The molecule has 3 rings (SSSR count). The average molecular weight is 425 g/mol. The minimum atomic E-state index is -0.625. The number of rotatable bonds is 6. The molecule has 1 aliphatic rings. The van der Waals surface area contributed by atoms with E-state index < -0.39 is 6.04 Å². The highest BCUT2D eigenvalue weighted by Gasteiger charge is 2.34. The van der Waals surface area contributed by atoms with Gasteiger partial charge in [0, 0.05) is 25.1 Å².